The molecular formula is C16H24ClNO. The van der Waals surface area contributed by atoms with E-state index in [1.165, 1.54) is 31.2 Å². The summed E-state index contributed by atoms with van der Waals surface area (Å²) in [5, 5.41) is 0. The number of pyridine rings is 1. The van der Waals surface area contributed by atoms with Crippen molar-refractivity contribution in [3.63, 3.8) is 0 Å². The van der Waals surface area contributed by atoms with Gasteiger partial charge in [0.25, 0.3) is 0 Å². The largest absolute Gasteiger partial charge is 0.474 e. The van der Waals surface area contributed by atoms with Crippen LogP contribution in [0.2, 0.25) is 0 Å². The first kappa shape index (κ1) is 14.6. The maximum Gasteiger partial charge on any atom is 0.218 e. The number of ether oxygens (including phenoxy) is 1. The van der Waals surface area contributed by atoms with Gasteiger partial charge in [-0.05, 0) is 57.1 Å². The molecule has 0 aromatic carbocycles. The van der Waals surface area contributed by atoms with E-state index in [9.17, 15) is 0 Å². The Bertz CT molecular complexity index is 433. The third-order valence-corrected chi connectivity index (χ3v) is 4.47. The summed E-state index contributed by atoms with van der Waals surface area (Å²) < 4.78 is 6.25. The number of rotatable bonds is 4. The lowest BCUT2D eigenvalue weighted by Crippen LogP contribution is -2.30. The van der Waals surface area contributed by atoms with Gasteiger partial charge >= 0.3 is 0 Å². The van der Waals surface area contributed by atoms with Gasteiger partial charge in [-0.15, -0.1) is 11.6 Å². The fourth-order valence-corrected chi connectivity index (χ4v) is 3.35. The number of hydrogen-bond acceptors (Lipinski definition) is 2. The van der Waals surface area contributed by atoms with Crippen LogP contribution in [0.5, 0.6) is 5.88 Å². The molecule has 2 rings (SSSR count). The minimum absolute atomic E-state index is 0.314. The maximum absolute atomic E-state index is 6.25. The normalized spacial score (nSPS) is 23.4. The van der Waals surface area contributed by atoms with Crippen LogP contribution in [-0.4, -0.2) is 11.1 Å². The highest BCUT2D eigenvalue weighted by Gasteiger charge is 2.26. The first-order valence-electron chi connectivity index (χ1n) is 7.35. The van der Waals surface area contributed by atoms with Crippen molar-refractivity contribution in [1.82, 2.24) is 4.98 Å². The van der Waals surface area contributed by atoms with Gasteiger partial charge in [-0.1, -0.05) is 13.3 Å². The van der Waals surface area contributed by atoms with Gasteiger partial charge in [-0.2, -0.15) is 0 Å². The Balaban J connectivity index is 2.21. The Morgan fingerprint density at radius 2 is 2.05 bits per heavy atom. The Morgan fingerprint density at radius 1 is 1.32 bits per heavy atom. The molecule has 0 radical (unpaired) electrons. The van der Waals surface area contributed by atoms with Crippen molar-refractivity contribution in [1.29, 1.82) is 0 Å². The lowest BCUT2D eigenvalue weighted by molar-refractivity contribution is 0.0848. The Labute approximate surface area is 121 Å². The highest BCUT2D eigenvalue weighted by molar-refractivity contribution is 6.17. The number of aromatic nitrogens is 1. The molecule has 1 saturated carbocycles. The number of aryl methyl sites for hydroxylation is 2. The minimum Gasteiger partial charge on any atom is -0.474 e. The van der Waals surface area contributed by atoms with Crippen molar-refractivity contribution >= 4 is 11.6 Å². The first-order valence-corrected chi connectivity index (χ1v) is 7.88. The van der Waals surface area contributed by atoms with E-state index < -0.39 is 0 Å². The summed E-state index contributed by atoms with van der Waals surface area (Å²) in [7, 11) is 0. The molecule has 1 aromatic rings. The highest BCUT2D eigenvalue weighted by Crippen LogP contribution is 2.32. The van der Waals surface area contributed by atoms with Gasteiger partial charge in [0.05, 0.1) is 5.88 Å². The number of nitrogens with zero attached hydrogens (tertiary/aromatic N) is 1. The molecule has 2 unspecified atom stereocenters. The zero-order valence-corrected chi connectivity index (χ0v) is 13.0. The standard InChI is InChI=1S/C16H24ClNO/c1-4-13-7-5-6-8-15(13)19-16-14(10-17)11(2)9-12(3)18-16/h9,13,15H,4-8,10H2,1-3H3. The van der Waals surface area contributed by atoms with Crippen LogP contribution in [0.1, 0.15) is 55.8 Å². The summed E-state index contributed by atoms with van der Waals surface area (Å²) in [6.07, 6.45) is 6.53. The van der Waals surface area contributed by atoms with Crippen molar-refractivity contribution in [3.05, 3.63) is 22.9 Å². The van der Waals surface area contributed by atoms with E-state index in [0.717, 1.165) is 23.6 Å². The third kappa shape index (κ3) is 3.42. The molecule has 2 nitrogen and oxygen atoms in total. The average molecular weight is 282 g/mol. The molecule has 0 N–H and O–H groups in total. The smallest absolute Gasteiger partial charge is 0.218 e. The second kappa shape index (κ2) is 6.60. The molecule has 1 fully saturated rings. The molecule has 1 aromatic heterocycles. The van der Waals surface area contributed by atoms with E-state index >= 15 is 0 Å². The molecule has 3 heteroatoms. The van der Waals surface area contributed by atoms with Gasteiger partial charge in [0, 0.05) is 11.3 Å². The van der Waals surface area contributed by atoms with E-state index in [2.05, 4.69) is 24.9 Å². The van der Waals surface area contributed by atoms with E-state index in [-0.39, 0.29) is 0 Å². The number of hydrogen-bond donors (Lipinski definition) is 0. The van der Waals surface area contributed by atoms with E-state index in [4.69, 9.17) is 16.3 Å². The van der Waals surface area contributed by atoms with Gasteiger partial charge in [0.2, 0.25) is 5.88 Å². The second-order valence-corrected chi connectivity index (χ2v) is 5.87. The second-order valence-electron chi connectivity index (χ2n) is 5.61. The molecule has 2 atom stereocenters. The minimum atomic E-state index is 0.314. The number of alkyl halides is 1. The van der Waals surface area contributed by atoms with E-state index in [0.29, 0.717) is 17.9 Å². The van der Waals surface area contributed by atoms with Crippen LogP contribution in [0.15, 0.2) is 6.07 Å². The van der Waals surface area contributed by atoms with Crippen molar-refractivity contribution in [2.24, 2.45) is 5.92 Å². The molecule has 1 aliphatic rings. The Hall–Kier alpha value is -0.760. The van der Waals surface area contributed by atoms with Crippen LogP contribution >= 0.6 is 11.6 Å². The fourth-order valence-electron chi connectivity index (χ4n) is 3.03. The third-order valence-electron chi connectivity index (χ3n) is 4.20. The van der Waals surface area contributed by atoms with E-state index in [1.807, 2.05) is 6.92 Å². The van der Waals surface area contributed by atoms with Crippen molar-refractivity contribution in [2.75, 3.05) is 0 Å². The van der Waals surface area contributed by atoms with Gasteiger partial charge in [-0.3, -0.25) is 0 Å². The van der Waals surface area contributed by atoms with Gasteiger partial charge < -0.3 is 4.74 Å². The molecule has 19 heavy (non-hydrogen) atoms. The van der Waals surface area contributed by atoms with Crippen LogP contribution in [0, 0.1) is 19.8 Å². The quantitative estimate of drug-likeness (QED) is 0.741. The predicted molar refractivity (Wildman–Crippen MR) is 79.9 cm³/mol. The molecule has 106 valence electrons. The molecule has 1 heterocycles. The van der Waals surface area contributed by atoms with Gasteiger partial charge in [0.1, 0.15) is 6.10 Å². The van der Waals surface area contributed by atoms with E-state index in [1.54, 1.807) is 0 Å². The summed E-state index contributed by atoms with van der Waals surface area (Å²) in [6, 6.07) is 2.07. The summed E-state index contributed by atoms with van der Waals surface area (Å²) in [4.78, 5) is 4.56. The summed E-state index contributed by atoms with van der Waals surface area (Å²) in [6.45, 7) is 6.34. The molecule has 0 amide bonds. The summed E-state index contributed by atoms with van der Waals surface area (Å²) in [5.41, 5.74) is 3.24. The zero-order chi connectivity index (χ0) is 13.8. The Morgan fingerprint density at radius 3 is 2.74 bits per heavy atom. The van der Waals surface area contributed by atoms with Crippen LogP contribution < -0.4 is 4.74 Å². The lowest BCUT2D eigenvalue weighted by atomic mass is 9.85. The molecule has 0 saturated heterocycles. The molecular weight excluding hydrogens is 258 g/mol. The average Bonchev–Trinajstić information content (AvgIpc) is 2.39. The SMILES string of the molecule is CCC1CCCCC1Oc1nc(C)cc(C)c1CCl. The summed E-state index contributed by atoms with van der Waals surface area (Å²) >= 11 is 6.06. The topological polar surface area (TPSA) is 22.1 Å². The fraction of sp³-hybridized carbons (Fsp3) is 0.688. The van der Waals surface area contributed by atoms with Gasteiger partial charge in [0.15, 0.2) is 0 Å². The Kier molecular flexibility index (Phi) is 5.09. The molecule has 1 aliphatic carbocycles. The first-order chi connectivity index (χ1) is 9.15. The molecule has 0 aliphatic heterocycles. The molecule has 0 spiro atoms. The predicted octanol–water partition coefficient (Wildman–Crippen LogP) is 4.78. The van der Waals surface area contributed by atoms with Crippen molar-refractivity contribution in [3.8, 4) is 5.88 Å². The van der Waals surface area contributed by atoms with Crippen molar-refractivity contribution in [2.45, 2.75) is 64.9 Å². The van der Waals surface area contributed by atoms with Crippen LogP contribution in [0.4, 0.5) is 0 Å². The lowest BCUT2D eigenvalue weighted by Gasteiger charge is -2.31. The zero-order valence-electron chi connectivity index (χ0n) is 12.2. The van der Waals surface area contributed by atoms with Crippen molar-refractivity contribution < 1.29 is 4.74 Å². The maximum atomic E-state index is 6.25. The number of halogens is 1. The van der Waals surface area contributed by atoms with Crippen LogP contribution in [0.25, 0.3) is 0 Å². The van der Waals surface area contributed by atoms with Crippen LogP contribution in [-0.2, 0) is 5.88 Å². The monoisotopic (exact) mass is 281 g/mol. The van der Waals surface area contributed by atoms with Gasteiger partial charge in [-0.25, -0.2) is 4.98 Å². The van der Waals surface area contributed by atoms with Crippen LogP contribution in [0.3, 0.4) is 0 Å². The highest BCUT2D eigenvalue weighted by atomic mass is 35.5. The molecule has 0 bridgehead atoms. The summed E-state index contributed by atoms with van der Waals surface area (Å²) in [5.74, 6) is 1.90.